The molecule has 1 aliphatic rings. The van der Waals surface area contributed by atoms with Crippen molar-refractivity contribution in [2.75, 3.05) is 18.9 Å². The van der Waals surface area contributed by atoms with Crippen molar-refractivity contribution in [3.05, 3.63) is 60.0 Å². The average molecular weight is 510 g/mol. The van der Waals surface area contributed by atoms with Crippen LogP contribution in [0.15, 0.2) is 48.8 Å². The van der Waals surface area contributed by atoms with Gasteiger partial charge in [0.2, 0.25) is 5.60 Å². The number of fused-ring (bicyclic) bond motifs is 1. The predicted molar refractivity (Wildman–Crippen MR) is 132 cm³/mol. The van der Waals surface area contributed by atoms with Crippen LogP contribution in [0.2, 0.25) is 0 Å². The Kier molecular flexibility index (Phi) is 7.63. The summed E-state index contributed by atoms with van der Waals surface area (Å²) in [6.07, 6.45) is -0.244. The molecule has 0 aliphatic carbocycles. The molecule has 11 nitrogen and oxygen atoms in total. The summed E-state index contributed by atoms with van der Waals surface area (Å²) in [6.45, 7) is 4.57. The van der Waals surface area contributed by atoms with Crippen LogP contribution in [0.25, 0.3) is 5.52 Å². The van der Waals surface area contributed by atoms with Crippen LogP contribution in [-0.2, 0) is 25.4 Å². The lowest BCUT2D eigenvalue weighted by atomic mass is 9.97. The van der Waals surface area contributed by atoms with E-state index in [1.807, 2.05) is 37.3 Å². The number of nitriles is 1. The zero-order chi connectivity index (χ0) is 26.6. The number of nitrogens with zero attached hydrogens (tertiary/aromatic N) is 4. The topological polar surface area (TPSA) is 154 Å². The van der Waals surface area contributed by atoms with E-state index in [4.69, 9.17) is 24.7 Å². The van der Waals surface area contributed by atoms with Crippen molar-refractivity contribution >= 4 is 17.5 Å². The first kappa shape index (κ1) is 26.3. The fourth-order valence-corrected chi connectivity index (χ4v) is 4.40. The first-order valence-corrected chi connectivity index (χ1v) is 12.0. The molecule has 0 radical (unpaired) electrons. The summed E-state index contributed by atoms with van der Waals surface area (Å²) >= 11 is 0. The van der Waals surface area contributed by atoms with E-state index in [-0.39, 0.29) is 18.9 Å². The van der Waals surface area contributed by atoms with Crippen LogP contribution in [-0.4, -0.2) is 56.6 Å². The van der Waals surface area contributed by atoms with Gasteiger partial charge in [0, 0.05) is 6.42 Å². The van der Waals surface area contributed by atoms with Gasteiger partial charge in [-0.2, -0.15) is 10.4 Å². The Hall–Kier alpha value is -3.72. The van der Waals surface area contributed by atoms with Crippen LogP contribution in [0, 0.1) is 17.2 Å². The van der Waals surface area contributed by atoms with Gasteiger partial charge in [-0.15, -0.1) is 0 Å². The molecular weight excluding hydrogens is 478 g/mol. The molecule has 196 valence electrons. The van der Waals surface area contributed by atoms with Gasteiger partial charge in [0.15, 0.2) is 11.6 Å². The maximum absolute atomic E-state index is 12.4. The first-order chi connectivity index (χ1) is 17.6. The minimum atomic E-state index is -1.69. The maximum atomic E-state index is 12.4. The van der Waals surface area contributed by atoms with Gasteiger partial charge in [0.05, 0.1) is 12.3 Å². The van der Waals surface area contributed by atoms with Crippen molar-refractivity contribution in [1.29, 1.82) is 5.26 Å². The molecule has 4 rings (SSSR count). The molecule has 0 bridgehead atoms. The lowest BCUT2D eigenvalue weighted by Gasteiger charge is -2.31. The summed E-state index contributed by atoms with van der Waals surface area (Å²) in [5.41, 5.74) is 6.58. The van der Waals surface area contributed by atoms with E-state index in [2.05, 4.69) is 16.2 Å². The molecule has 1 saturated heterocycles. The quantitative estimate of drug-likeness (QED) is 0.325. The Morgan fingerprint density at radius 3 is 2.78 bits per heavy atom. The van der Waals surface area contributed by atoms with E-state index in [9.17, 15) is 15.2 Å². The maximum Gasteiger partial charge on any atom is 0.508 e. The summed E-state index contributed by atoms with van der Waals surface area (Å²) in [5, 5.41) is 24.7. The second-order valence-corrected chi connectivity index (χ2v) is 9.74. The van der Waals surface area contributed by atoms with E-state index >= 15 is 0 Å². The van der Waals surface area contributed by atoms with Crippen LogP contribution in [0.3, 0.4) is 0 Å². The van der Waals surface area contributed by atoms with Crippen LogP contribution in [0.5, 0.6) is 0 Å². The number of ether oxygens (including phenoxy) is 4. The number of carbonyl (C=O) groups is 1. The predicted octanol–water partition coefficient (Wildman–Crippen LogP) is 3.18. The van der Waals surface area contributed by atoms with Gasteiger partial charge >= 0.3 is 6.16 Å². The highest BCUT2D eigenvalue weighted by Crippen LogP contribution is 2.43. The van der Waals surface area contributed by atoms with E-state index in [0.29, 0.717) is 17.0 Å². The average Bonchev–Trinajstić information content (AvgIpc) is 3.44. The van der Waals surface area contributed by atoms with Crippen molar-refractivity contribution in [1.82, 2.24) is 14.6 Å². The highest BCUT2D eigenvalue weighted by atomic mass is 16.7. The van der Waals surface area contributed by atoms with E-state index in [1.165, 1.54) is 20.2 Å². The standard InChI is InChI=1S/C26H31N5O6/c1-17(11-18-7-5-4-6-8-18)13-34-24(32)35-15-26(14-27)22(37-25(2,3)33)12-21(36-26)19-9-10-20-23(28)29-16-30-31(19)20/h4-10,16-17,21-22,33H,11-13,15H2,1-3H3,(H2,28,29,30)/t17-,21+,22-,26+/m0/s1. The Balaban J connectivity index is 1.44. The molecule has 1 fully saturated rings. The Labute approximate surface area is 214 Å². The highest BCUT2D eigenvalue weighted by molar-refractivity contribution is 5.65. The first-order valence-electron chi connectivity index (χ1n) is 12.0. The van der Waals surface area contributed by atoms with Crippen molar-refractivity contribution in [3.63, 3.8) is 0 Å². The largest absolute Gasteiger partial charge is 0.508 e. The monoisotopic (exact) mass is 509 g/mol. The summed E-state index contributed by atoms with van der Waals surface area (Å²) in [7, 11) is 0. The number of benzene rings is 1. The molecular formula is C26H31N5O6. The van der Waals surface area contributed by atoms with Crippen LogP contribution in [0.4, 0.5) is 10.6 Å². The number of nitrogen functional groups attached to an aromatic ring is 1. The lowest BCUT2D eigenvalue weighted by Crippen LogP contribution is -2.48. The van der Waals surface area contributed by atoms with E-state index < -0.39 is 36.4 Å². The lowest BCUT2D eigenvalue weighted by molar-refractivity contribution is -0.228. The van der Waals surface area contributed by atoms with E-state index in [1.54, 1.807) is 16.6 Å². The second kappa shape index (κ2) is 10.7. The number of nitrogens with two attached hydrogens (primary N) is 1. The van der Waals surface area contributed by atoms with Gasteiger partial charge in [-0.1, -0.05) is 37.3 Å². The molecule has 4 atom stereocenters. The SMILES string of the molecule is C[C@H](COC(=O)OC[C@@]1(C#N)O[C@@H](c2ccc3c(N)ncnn23)C[C@@H]1OC(C)(C)O)Cc1ccccc1. The minimum absolute atomic E-state index is 0.0651. The number of aromatic nitrogens is 3. The van der Waals surface area contributed by atoms with Crippen LogP contribution < -0.4 is 5.73 Å². The number of carbonyl (C=O) groups excluding carboxylic acids is 1. The number of hydrogen-bond donors (Lipinski definition) is 2. The van der Waals surface area contributed by atoms with Gasteiger partial charge < -0.3 is 29.8 Å². The zero-order valence-electron chi connectivity index (χ0n) is 21.0. The van der Waals surface area contributed by atoms with Gasteiger partial charge in [-0.05, 0) is 43.9 Å². The smallest absolute Gasteiger partial charge is 0.434 e. The summed E-state index contributed by atoms with van der Waals surface area (Å²) in [5.74, 6) is -1.20. The molecule has 0 unspecified atom stereocenters. The molecule has 37 heavy (non-hydrogen) atoms. The number of aliphatic hydroxyl groups is 1. The molecule has 0 amide bonds. The highest BCUT2D eigenvalue weighted by Gasteiger charge is 2.54. The van der Waals surface area contributed by atoms with Crippen LogP contribution in [0.1, 0.15) is 44.6 Å². The molecule has 3 aromatic rings. The molecule has 3 N–H and O–H groups in total. The Bertz CT molecular complexity index is 1270. The fraction of sp³-hybridized carbons (Fsp3) is 0.462. The van der Waals surface area contributed by atoms with Gasteiger partial charge in [-0.25, -0.2) is 14.3 Å². The number of anilines is 1. The second-order valence-electron chi connectivity index (χ2n) is 9.74. The normalized spacial score (nSPS) is 22.5. The van der Waals surface area contributed by atoms with Crippen molar-refractivity contribution < 1.29 is 28.8 Å². The van der Waals surface area contributed by atoms with Crippen molar-refractivity contribution in [2.45, 2.75) is 57.2 Å². The Morgan fingerprint density at radius 1 is 1.32 bits per heavy atom. The molecule has 11 heteroatoms. The minimum Gasteiger partial charge on any atom is -0.434 e. The van der Waals surface area contributed by atoms with Crippen LogP contribution >= 0.6 is 0 Å². The fourth-order valence-electron chi connectivity index (χ4n) is 4.40. The number of rotatable bonds is 9. The third kappa shape index (κ3) is 6.17. The van der Waals surface area contributed by atoms with Crippen molar-refractivity contribution in [3.8, 4) is 6.07 Å². The third-order valence-corrected chi connectivity index (χ3v) is 6.08. The Morgan fingerprint density at radius 2 is 2.08 bits per heavy atom. The molecule has 0 spiro atoms. The number of hydrogen-bond acceptors (Lipinski definition) is 10. The van der Waals surface area contributed by atoms with E-state index in [0.717, 1.165) is 12.0 Å². The summed E-state index contributed by atoms with van der Waals surface area (Å²) in [6, 6.07) is 15.5. The zero-order valence-corrected chi connectivity index (χ0v) is 21.0. The summed E-state index contributed by atoms with van der Waals surface area (Å²) < 4.78 is 24.1. The van der Waals surface area contributed by atoms with Gasteiger partial charge in [0.1, 0.15) is 36.7 Å². The molecule has 0 saturated carbocycles. The van der Waals surface area contributed by atoms with Crippen molar-refractivity contribution in [2.24, 2.45) is 5.92 Å². The molecule has 1 aromatic carbocycles. The van der Waals surface area contributed by atoms with Gasteiger partial charge in [-0.3, -0.25) is 0 Å². The molecule has 3 heterocycles. The van der Waals surface area contributed by atoms with Gasteiger partial charge in [0.25, 0.3) is 0 Å². The molecule has 2 aromatic heterocycles. The summed E-state index contributed by atoms with van der Waals surface area (Å²) in [4.78, 5) is 16.4. The molecule has 1 aliphatic heterocycles. The third-order valence-electron chi connectivity index (χ3n) is 6.08.